The number of benzene rings is 2. The highest BCUT2D eigenvalue weighted by molar-refractivity contribution is 7.88. The maximum Gasteiger partial charge on any atom is 0.291 e. The van der Waals surface area contributed by atoms with Crippen LogP contribution in [-0.2, 0) is 22.3 Å². The topological polar surface area (TPSA) is 106 Å². The molecule has 2 N–H and O–H groups in total. The summed E-state index contributed by atoms with van der Waals surface area (Å²) in [7, 11) is -3.39. The lowest BCUT2D eigenvalue weighted by molar-refractivity contribution is 0.0940. The van der Waals surface area contributed by atoms with Crippen LogP contribution < -0.4 is 10.0 Å². The minimum atomic E-state index is -3.39. The lowest BCUT2D eigenvalue weighted by atomic mass is 10.1. The number of sulfonamides is 1. The van der Waals surface area contributed by atoms with Crippen LogP contribution >= 0.6 is 11.3 Å². The Kier molecular flexibility index (Phi) is 7.20. The Balaban J connectivity index is 1.45. The number of aromatic nitrogens is 3. The van der Waals surface area contributed by atoms with Crippen molar-refractivity contribution in [3.05, 3.63) is 89.1 Å². The molecule has 0 bridgehead atoms. The first-order valence-corrected chi connectivity index (χ1v) is 13.3. The third kappa shape index (κ3) is 5.96. The summed E-state index contributed by atoms with van der Waals surface area (Å²) in [6.07, 6.45) is 0. The van der Waals surface area contributed by atoms with E-state index in [-0.39, 0.29) is 30.1 Å². The second kappa shape index (κ2) is 10.3. The van der Waals surface area contributed by atoms with Gasteiger partial charge in [-0.2, -0.15) is 0 Å². The van der Waals surface area contributed by atoms with Crippen LogP contribution in [0.4, 0.5) is 0 Å². The van der Waals surface area contributed by atoms with E-state index in [0.29, 0.717) is 11.4 Å². The molecule has 0 radical (unpaired) electrons. The molecule has 10 heteroatoms. The largest absolute Gasteiger partial charge is 0.345 e. The minimum Gasteiger partial charge on any atom is -0.345 e. The summed E-state index contributed by atoms with van der Waals surface area (Å²) < 4.78 is 28.4. The summed E-state index contributed by atoms with van der Waals surface area (Å²) in [5.74, 6) is 0.200. The van der Waals surface area contributed by atoms with Crippen molar-refractivity contribution in [2.24, 2.45) is 0 Å². The molecule has 0 aliphatic heterocycles. The summed E-state index contributed by atoms with van der Waals surface area (Å²) in [4.78, 5) is 18.2. The average molecular weight is 496 g/mol. The normalized spacial score (nSPS) is 11.6. The van der Waals surface area contributed by atoms with Gasteiger partial charge in [-0.3, -0.25) is 4.79 Å². The Morgan fingerprint density at radius 3 is 2.35 bits per heavy atom. The van der Waals surface area contributed by atoms with Gasteiger partial charge >= 0.3 is 0 Å². The van der Waals surface area contributed by atoms with Crippen molar-refractivity contribution in [3.8, 4) is 16.4 Å². The Morgan fingerprint density at radius 2 is 1.71 bits per heavy atom. The molecule has 0 aliphatic carbocycles. The number of amides is 1. The molecule has 0 saturated carbocycles. The third-order valence-corrected chi connectivity index (χ3v) is 7.21. The quantitative estimate of drug-likeness (QED) is 0.368. The number of hydrogen-bond acceptors (Lipinski definition) is 6. The van der Waals surface area contributed by atoms with Crippen LogP contribution in [0, 0.1) is 0 Å². The second-order valence-corrected chi connectivity index (χ2v) is 10.7. The molecule has 4 aromatic rings. The zero-order valence-corrected chi connectivity index (χ0v) is 20.4. The molecular weight excluding hydrogens is 470 g/mol. The first-order chi connectivity index (χ1) is 16.3. The molecule has 8 nitrogen and oxygen atoms in total. The van der Waals surface area contributed by atoms with Gasteiger partial charge in [-0.25, -0.2) is 22.8 Å². The highest BCUT2D eigenvalue weighted by atomic mass is 32.2. The first kappa shape index (κ1) is 23.8. The van der Waals surface area contributed by atoms with Gasteiger partial charge in [0.05, 0.1) is 16.3 Å². The van der Waals surface area contributed by atoms with Gasteiger partial charge in [0.2, 0.25) is 15.8 Å². The summed E-state index contributed by atoms with van der Waals surface area (Å²) >= 11 is 1.53. The number of thiophene rings is 1. The van der Waals surface area contributed by atoms with E-state index in [1.807, 2.05) is 47.8 Å². The Bertz CT molecular complexity index is 1350. The lowest BCUT2D eigenvalue weighted by Gasteiger charge is -2.10. The molecule has 0 aliphatic rings. The molecule has 2 aromatic carbocycles. The van der Waals surface area contributed by atoms with Gasteiger partial charge in [0.25, 0.3) is 5.91 Å². The summed E-state index contributed by atoms with van der Waals surface area (Å²) in [5, 5.41) is 9.25. The molecule has 2 heterocycles. The fraction of sp³-hybridized carbons (Fsp3) is 0.208. The zero-order chi connectivity index (χ0) is 24.1. The molecule has 2 aromatic heterocycles. The highest BCUT2D eigenvalue weighted by Gasteiger charge is 2.19. The number of hydrogen-bond donors (Lipinski definition) is 2. The highest BCUT2D eigenvalue weighted by Crippen LogP contribution is 2.25. The second-order valence-electron chi connectivity index (χ2n) is 8.01. The van der Waals surface area contributed by atoms with Gasteiger partial charge in [0, 0.05) is 12.6 Å². The predicted molar refractivity (Wildman–Crippen MR) is 133 cm³/mol. The molecule has 4 rings (SSSR count). The molecule has 0 spiro atoms. The van der Waals surface area contributed by atoms with Crippen molar-refractivity contribution in [2.75, 3.05) is 0 Å². The average Bonchev–Trinajstić information content (AvgIpc) is 3.48. The van der Waals surface area contributed by atoms with Crippen molar-refractivity contribution in [1.82, 2.24) is 24.8 Å². The van der Waals surface area contributed by atoms with Crippen LogP contribution in [0.2, 0.25) is 0 Å². The van der Waals surface area contributed by atoms with Crippen molar-refractivity contribution in [2.45, 2.75) is 32.2 Å². The van der Waals surface area contributed by atoms with Crippen LogP contribution in [-0.4, -0.2) is 35.1 Å². The van der Waals surface area contributed by atoms with Crippen LogP contribution in [0.3, 0.4) is 0 Å². The molecular formula is C24H25N5O3S2. The number of carbonyl (C=O) groups is 1. The van der Waals surface area contributed by atoms with E-state index in [0.717, 1.165) is 16.1 Å². The van der Waals surface area contributed by atoms with E-state index in [2.05, 4.69) is 20.1 Å². The first-order valence-electron chi connectivity index (χ1n) is 10.7. The SMILES string of the molecule is CC(C)NS(=O)(=O)Cc1ccc(CNC(=O)c2nc(-c3cccs3)n(-c3ccccc3)n2)cc1. The van der Waals surface area contributed by atoms with Gasteiger partial charge in [-0.05, 0) is 48.6 Å². The summed E-state index contributed by atoms with van der Waals surface area (Å²) in [6, 6.07) is 20.4. The number of para-hydroxylation sites is 1. The molecule has 0 saturated heterocycles. The molecule has 0 fully saturated rings. The van der Waals surface area contributed by atoms with Crippen LogP contribution in [0.5, 0.6) is 0 Å². The molecule has 34 heavy (non-hydrogen) atoms. The fourth-order valence-corrected chi connectivity index (χ4v) is 5.49. The zero-order valence-electron chi connectivity index (χ0n) is 18.8. The molecule has 0 atom stereocenters. The van der Waals surface area contributed by atoms with Gasteiger partial charge in [0.1, 0.15) is 0 Å². The third-order valence-electron chi connectivity index (χ3n) is 4.80. The smallest absolute Gasteiger partial charge is 0.291 e. The fourth-order valence-electron chi connectivity index (χ4n) is 3.36. The van der Waals surface area contributed by atoms with E-state index >= 15 is 0 Å². The van der Waals surface area contributed by atoms with E-state index < -0.39 is 10.0 Å². The van der Waals surface area contributed by atoms with E-state index in [1.54, 1.807) is 42.8 Å². The Labute approximate surface area is 202 Å². The monoisotopic (exact) mass is 495 g/mol. The predicted octanol–water partition coefficient (Wildman–Crippen LogP) is 3.75. The molecule has 0 unspecified atom stereocenters. The summed E-state index contributed by atoms with van der Waals surface area (Å²) in [6.45, 7) is 3.83. The van der Waals surface area contributed by atoms with E-state index in [1.165, 1.54) is 11.3 Å². The van der Waals surface area contributed by atoms with Crippen molar-refractivity contribution < 1.29 is 13.2 Å². The molecule has 176 valence electrons. The van der Waals surface area contributed by atoms with Gasteiger partial charge in [-0.15, -0.1) is 16.4 Å². The van der Waals surface area contributed by atoms with E-state index in [4.69, 9.17) is 0 Å². The number of rotatable bonds is 9. The summed E-state index contributed by atoms with van der Waals surface area (Å²) in [5.41, 5.74) is 2.33. The standard InChI is InChI=1S/C24H25N5O3S2/c1-17(2)28-34(31,32)16-19-12-10-18(11-13-19)15-25-24(30)22-26-23(21-9-6-14-33-21)29(27-22)20-7-4-3-5-8-20/h3-14,17,28H,15-16H2,1-2H3,(H,25,30). The van der Waals surface area contributed by atoms with Gasteiger partial charge in [0.15, 0.2) is 5.82 Å². The van der Waals surface area contributed by atoms with Crippen LogP contribution in [0.15, 0.2) is 72.1 Å². The Morgan fingerprint density at radius 1 is 1.00 bits per heavy atom. The van der Waals surface area contributed by atoms with Gasteiger partial charge < -0.3 is 5.32 Å². The van der Waals surface area contributed by atoms with E-state index in [9.17, 15) is 13.2 Å². The molecule has 1 amide bonds. The number of carbonyl (C=O) groups excluding carboxylic acids is 1. The van der Waals surface area contributed by atoms with Gasteiger partial charge in [-0.1, -0.05) is 48.5 Å². The van der Waals surface area contributed by atoms with Crippen molar-refractivity contribution >= 4 is 27.3 Å². The number of nitrogens with zero attached hydrogens (tertiary/aromatic N) is 3. The number of nitrogens with one attached hydrogen (secondary N) is 2. The Hall–Kier alpha value is -3.34. The maximum atomic E-state index is 12.8. The van der Waals surface area contributed by atoms with Crippen molar-refractivity contribution in [1.29, 1.82) is 0 Å². The lowest BCUT2D eigenvalue weighted by Crippen LogP contribution is -2.31. The van der Waals surface area contributed by atoms with Crippen molar-refractivity contribution in [3.63, 3.8) is 0 Å². The van der Waals surface area contributed by atoms with Crippen LogP contribution in [0.25, 0.3) is 16.4 Å². The van der Waals surface area contributed by atoms with Crippen LogP contribution in [0.1, 0.15) is 35.6 Å². The maximum absolute atomic E-state index is 12.8. The minimum absolute atomic E-state index is 0.0785.